The SMILES string of the molecule is CCN1C(=O)C[C@H](N2CCO[C@H](c3ccc(F)cc3)C2)C1=O. The molecule has 0 aliphatic carbocycles. The van der Waals surface area contributed by atoms with Crippen molar-refractivity contribution in [3.8, 4) is 0 Å². The summed E-state index contributed by atoms with van der Waals surface area (Å²) in [5, 5.41) is 0. The number of hydrogen-bond donors (Lipinski definition) is 0. The van der Waals surface area contributed by atoms with Crippen LogP contribution >= 0.6 is 0 Å². The molecule has 22 heavy (non-hydrogen) atoms. The van der Waals surface area contributed by atoms with Crippen LogP contribution in [0.1, 0.15) is 25.0 Å². The van der Waals surface area contributed by atoms with Crippen molar-refractivity contribution in [2.45, 2.75) is 25.5 Å². The molecule has 1 aromatic carbocycles. The first-order chi connectivity index (χ1) is 10.6. The number of carbonyl (C=O) groups is 2. The van der Waals surface area contributed by atoms with Gasteiger partial charge in [-0.25, -0.2) is 4.39 Å². The van der Waals surface area contributed by atoms with Crippen molar-refractivity contribution < 1.29 is 18.7 Å². The van der Waals surface area contributed by atoms with Gasteiger partial charge in [0.05, 0.1) is 25.2 Å². The molecule has 2 heterocycles. The molecule has 6 heteroatoms. The Morgan fingerprint density at radius 2 is 2.00 bits per heavy atom. The van der Waals surface area contributed by atoms with Crippen LogP contribution in [0.4, 0.5) is 4.39 Å². The number of hydrogen-bond acceptors (Lipinski definition) is 4. The van der Waals surface area contributed by atoms with Crippen LogP contribution in [-0.2, 0) is 14.3 Å². The number of rotatable bonds is 3. The topological polar surface area (TPSA) is 49.9 Å². The van der Waals surface area contributed by atoms with Crippen molar-refractivity contribution in [2.24, 2.45) is 0 Å². The summed E-state index contributed by atoms with van der Waals surface area (Å²) in [5.74, 6) is -0.513. The second-order valence-electron chi connectivity index (χ2n) is 5.60. The highest BCUT2D eigenvalue weighted by atomic mass is 19.1. The minimum absolute atomic E-state index is 0.109. The molecule has 0 saturated carbocycles. The van der Waals surface area contributed by atoms with Crippen LogP contribution in [0.15, 0.2) is 24.3 Å². The number of likely N-dealkylation sites (N-methyl/N-ethyl adjacent to an activating group) is 1. The maximum Gasteiger partial charge on any atom is 0.247 e. The van der Waals surface area contributed by atoms with Crippen LogP contribution in [0.25, 0.3) is 0 Å². The lowest BCUT2D eigenvalue weighted by molar-refractivity contribution is -0.140. The van der Waals surface area contributed by atoms with Gasteiger partial charge in [-0.05, 0) is 24.6 Å². The molecule has 2 saturated heterocycles. The fraction of sp³-hybridized carbons (Fsp3) is 0.500. The average molecular weight is 306 g/mol. The molecule has 3 rings (SSSR count). The lowest BCUT2D eigenvalue weighted by Crippen LogP contribution is -2.48. The number of nitrogens with zero attached hydrogens (tertiary/aromatic N) is 2. The summed E-state index contributed by atoms with van der Waals surface area (Å²) in [6.07, 6.45) is 0.0379. The summed E-state index contributed by atoms with van der Waals surface area (Å²) in [6, 6.07) is 5.81. The smallest absolute Gasteiger partial charge is 0.247 e. The molecule has 0 N–H and O–H groups in total. The minimum atomic E-state index is -0.390. The zero-order chi connectivity index (χ0) is 15.7. The fourth-order valence-corrected chi connectivity index (χ4v) is 3.11. The van der Waals surface area contributed by atoms with E-state index in [1.165, 1.54) is 17.0 Å². The predicted octanol–water partition coefficient (Wildman–Crippen LogP) is 1.35. The molecule has 2 fully saturated rings. The summed E-state index contributed by atoms with van der Waals surface area (Å²) in [7, 11) is 0. The van der Waals surface area contributed by atoms with Gasteiger partial charge in [-0.3, -0.25) is 19.4 Å². The van der Waals surface area contributed by atoms with Gasteiger partial charge in [0.15, 0.2) is 0 Å². The lowest BCUT2D eigenvalue weighted by atomic mass is 10.1. The summed E-state index contributed by atoms with van der Waals surface area (Å²) in [6.45, 7) is 3.87. The van der Waals surface area contributed by atoms with Crippen molar-refractivity contribution >= 4 is 11.8 Å². The molecule has 118 valence electrons. The Bertz CT molecular complexity index is 575. The largest absolute Gasteiger partial charge is 0.371 e. The molecule has 0 radical (unpaired) electrons. The van der Waals surface area contributed by atoms with Gasteiger partial charge >= 0.3 is 0 Å². The zero-order valence-electron chi connectivity index (χ0n) is 12.5. The van der Waals surface area contributed by atoms with Gasteiger partial charge in [0.1, 0.15) is 5.82 Å². The number of imide groups is 1. The Morgan fingerprint density at radius 1 is 1.27 bits per heavy atom. The predicted molar refractivity (Wildman–Crippen MR) is 77.5 cm³/mol. The van der Waals surface area contributed by atoms with Crippen molar-refractivity contribution in [2.75, 3.05) is 26.2 Å². The molecule has 0 bridgehead atoms. The molecule has 5 nitrogen and oxygen atoms in total. The summed E-state index contributed by atoms with van der Waals surface area (Å²) >= 11 is 0. The monoisotopic (exact) mass is 306 g/mol. The van der Waals surface area contributed by atoms with Crippen LogP contribution in [0.2, 0.25) is 0 Å². The number of amides is 2. The molecule has 0 spiro atoms. The van der Waals surface area contributed by atoms with Crippen LogP contribution in [0.3, 0.4) is 0 Å². The van der Waals surface area contributed by atoms with E-state index >= 15 is 0 Å². The highest BCUT2D eigenvalue weighted by Gasteiger charge is 2.42. The van der Waals surface area contributed by atoms with Gasteiger partial charge in [-0.15, -0.1) is 0 Å². The van der Waals surface area contributed by atoms with Crippen molar-refractivity contribution in [3.63, 3.8) is 0 Å². The Balaban J connectivity index is 1.72. The molecular weight excluding hydrogens is 287 g/mol. The van der Waals surface area contributed by atoms with Crippen molar-refractivity contribution in [3.05, 3.63) is 35.6 Å². The second-order valence-corrected chi connectivity index (χ2v) is 5.60. The molecule has 2 amide bonds. The third-order valence-electron chi connectivity index (χ3n) is 4.32. The molecule has 2 atom stereocenters. The summed E-state index contributed by atoms with van der Waals surface area (Å²) in [5.41, 5.74) is 0.884. The first-order valence-electron chi connectivity index (χ1n) is 7.55. The molecule has 0 aromatic heterocycles. The number of benzene rings is 1. The van der Waals surface area contributed by atoms with Crippen LogP contribution in [0.5, 0.6) is 0 Å². The highest BCUT2D eigenvalue weighted by molar-refractivity contribution is 6.05. The van der Waals surface area contributed by atoms with Gasteiger partial charge < -0.3 is 4.74 Å². The third kappa shape index (κ3) is 2.76. The molecule has 1 aromatic rings. The maximum atomic E-state index is 13.0. The van der Waals surface area contributed by atoms with Crippen LogP contribution in [-0.4, -0.2) is 53.9 Å². The zero-order valence-corrected chi connectivity index (χ0v) is 12.5. The number of ether oxygens (including phenoxy) is 1. The number of likely N-dealkylation sites (tertiary alicyclic amines) is 1. The molecule has 2 aliphatic rings. The van der Waals surface area contributed by atoms with E-state index in [-0.39, 0.29) is 36.2 Å². The van der Waals surface area contributed by atoms with E-state index in [0.717, 1.165) is 5.56 Å². The Hall–Kier alpha value is -1.79. The Kier molecular flexibility index (Phi) is 4.22. The van der Waals surface area contributed by atoms with Crippen molar-refractivity contribution in [1.82, 2.24) is 9.80 Å². The lowest BCUT2D eigenvalue weighted by Gasteiger charge is -2.35. The Labute approximate surface area is 128 Å². The first kappa shape index (κ1) is 15.1. The third-order valence-corrected chi connectivity index (χ3v) is 4.32. The number of morpholine rings is 1. The standard InChI is InChI=1S/C16H19FN2O3/c1-2-19-15(20)9-13(16(19)21)18-7-8-22-14(10-18)11-3-5-12(17)6-4-11/h3-6,13-14H,2,7-10H2,1H3/t13-,14-/m0/s1. The number of halogens is 1. The van der Waals surface area contributed by atoms with Gasteiger partial charge in [-0.1, -0.05) is 12.1 Å². The average Bonchev–Trinajstić information content (AvgIpc) is 2.82. The van der Waals surface area contributed by atoms with E-state index < -0.39 is 0 Å². The van der Waals surface area contributed by atoms with E-state index in [1.807, 2.05) is 4.90 Å². The quantitative estimate of drug-likeness (QED) is 0.791. The second kappa shape index (κ2) is 6.14. The summed E-state index contributed by atoms with van der Waals surface area (Å²) in [4.78, 5) is 27.5. The van der Waals surface area contributed by atoms with E-state index in [4.69, 9.17) is 4.74 Å². The summed E-state index contributed by atoms with van der Waals surface area (Å²) < 4.78 is 18.7. The minimum Gasteiger partial charge on any atom is -0.371 e. The molecule has 2 aliphatic heterocycles. The van der Waals surface area contributed by atoms with Gasteiger partial charge in [-0.2, -0.15) is 0 Å². The van der Waals surface area contributed by atoms with Gasteiger partial charge in [0.25, 0.3) is 0 Å². The van der Waals surface area contributed by atoms with E-state index in [2.05, 4.69) is 0 Å². The van der Waals surface area contributed by atoms with Crippen LogP contribution < -0.4 is 0 Å². The number of carbonyl (C=O) groups excluding carboxylic acids is 2. The Morgan fingerprint density at radius 3 is 2.64 bits per heavy atom. The van der Waals surface area contributed by atoms with Gasteiger partial charge in [0, 0.05) is 19.6 Å². The van der Waals surface area contributed by atoms with Gasteiger partial charge in [0.2, 0.25) is 11.8 Å². The highest BCUT2D eigenvalue weighted by Crippen LogP contribution is 2.27. The fourth-order valence-electron chi connectivity index (χ4n) is 3.11. The molecule has 0 unspecified atom stereocenters. The maximum absolute atomic E-state index is 13.0. The normalized spacial score (nSPS) is 26.7. The van der Waals surface area contributed by atoms with E-state index in [9.17, 15) is 14.0 Å². The van der Waals surface area contributed by atoms with Crippen molar-refractivity contribution in [1.29, 1.82) is 0 Å². The van der Waals surface area contributed by atoms with E-state index in [0.29, 0.717) is 26.2 Å². The van der Waals surface area contributed by atoms with E-state index in [1.54, 1.807) is 19.1 Å². The first-order valence-corrected chi connectivity index (χ1v) is 7.55. The molecular formula is C16H19FN2O3. The van der Waals surface area contributed by atoms with Crippen LogP contribution in [0, 0.1) is 5.82 Å².